The topological polar surface area (TPSA) is 108 Å². The molecule has 0 heterocycles. The monoisotopic (exact) mass is 264 g/mol. The predicted octanol–water partition coefficient (Wildman–Crippen LogP) is 1.15. The van der Waals surface area contributed by atoms with Crippen LogP contribution in [0.3, 0.4) is 0 Å². The van der Waals surface area contributed by atoms with Crippen molar-refractivity contribution >= 4 is 11.9 Å². The average molecular weight is 264 g/mol. The molecule has 1 saturated carbocycles. The number of nitrogens with two attached hydrogens (primary N) is 1. The molecule has 3 amide bonds. The van der Waals surface area contributed by atoms with Crippen LogP contribution in [0.5, 0.6) is 0 Å². The minimum atomic E-state index is -0.960. The Kier molecular flexibility index (Phi) is 5.86. The van der Waals surface area contributed by atoms with Crippen LogP contribution in [0, 0.1) is 17.2 Å². The van der Waals surface area contributed by atoms with Gasteiger partial charge in [-0.1, -0.05) is 19.3 Å². The summed E-state index contributed by atoms with van der Waals surface area (Å²) in [6.45, 7) is 2.41. The van der Waals surface area contributed by atoms with Gasteiger partial charge in [-0.2, -0.15) is 5.26 Å². The van der Waals surface area contributed by atoms with Gasteiger partial charge in [0.15, 0.2) is 0 Å². The van der Waals surface area contributed by atoms with E-state index in [2.05, 4.69) is 5.32 Å². The van der Waals surface area contributed by atoms with Gasteiger partial charge in [-0.3, -0.25) is 10.1 Å². The van der Waals surface area contributed by atoms with E-state index in [0.717, 1.165) is 6.54 Å². The van der Waals surface area contributed by atoms with Crippen molar-refractivity contribution in [3.8, 4) is 6.07 Å². The maximum atomic E-state index is 11.5. The van der Waals surface area contributed by atoms with Crippen LogP contribution in [0.1, 0.15) is 39.0 Å². The molecule has 0 bridgehead atoms. The number of hydrogen-bond donors (Lipinski definition) is 3. The van der Waals surface area contributed by atoms with E-state index in [-0.39, 0.29) is 5.57 Å². The highest BCUT2D eigenvalue weighted by Gasteiger charge is 2.16. The fraction of sp³-hybridized carbons (Fsp3) is 0.615. The smallest absolute Gasteiger partial charge is 0.319 e. The number of urea groups is 1. The predicted molar refractivity (Wildman–Crippen MR) is 70.6 cm³/mol. The van der Waals surface area contributed by atoms with Crippen LogP contribution in [-0.4, -0.2) is 18.5 Å². The molecule has 4 N–H and O–H groups in total. The third kappa shape index (κ3) is 5.00. The van der Waals surface area contributed by atoms with Crippen molar-refractivity contribution in [3.63, 3.8) is 0 Å². The minimum Gasteiger partial charge on any atom is -0.387 e. The summed E-state index contributed by atoms with van der Waals surface area (Å²) in [4.78, 5) is 22.1. The molecule has 1 fully saturated rings. The normalized spacial score (nSPS) is 17.1. The van der Waals surface area contributed by atoms with E-state index < -0.39 is 11.9 Å². The summed E-state index contributed by atoms with van der Waals surface area (Å²) in [6.07, 6.45) is 6.12. The van der Waals surface area contributed by atoms with Crippen LogP contribution >= 0.6 is 0 Å². The molecule has 1 rings (SSSR count). The van der Waals surface area contributed by atoms with Gasteiger partial charge in [-0.25, -0.2) is 4.79 Å². The SMILES string of the molecule is C/C(NCC1CCCCC1)=C(\C#N)C(=O)NC(N)=O. The third-order valence-corrected chi connectivity index (χ3v) is 3.33. The maximum absolute atomic E-state index is 11.5. The van der Waals surface area contributed by atoms with E-state index in [1.807, 2.05) is 5.32 Å². The van der Waals surface area contributed by atoms with Gasteiger partial charge in [0.1, 0.15) is 11.6 Å². The highest BCUT2D eigenvalue weighted by Crippen LogP contribution is 2.23. The number of carbonyl (C=O) groups is 2. The number of amides is 3. The van der Waals surface area contributed by atoms with Crippen LogP contribution in [0.2, 0.25) is 0 Å². The molecule has 19 heavy (non-hydrogen) atoms. The number of carbonyl (C=O) groups excluding carboxylic acids is 2. The lowest BCUT2D eigenvalue weighted by atomic mass is 9.89. The Hall–Kier alpha value is -2.03. The Morgan fingerprint density at radius 1 is 1.32 bits per heavy atom. The number of nitrogens with one attached hydrogen (secondary N) is 2. The van der Waals surface area contributed by atoms with Gasteiger partial charge in [0.25, 0.3) is 5.91 Å². The van der Waals surface area contributed by atoms with Gasteiger partial charge >= 0.3 is 6.03 Å². The first kappa shape index (κ1) is 15.0. The summed E-state index contributed by atoms with van der Waals surface area (Å²) >= 11 is 0. The Balaban J connectivity index is 2.57. The lowest BCUT2D eigenvalue weighted by molar-refractivity contribution is -0.116. The molecule has 1 aliphatic rings. The molecule has 104 valence electrons. The highest BCUT2D eigenvalue weighted by molar-refractivity contribution is 6.06. The molecule has 0 aromatic carbocycles. The van der Waals surface area contributed by atoms with E-state index >= 15 is 0 Å². The zero-order chi connectivity index (χ0) is 14.3. The number of allylic oxidation sites excluding steroid dienone is 1. The minimum absolute atomic E-state index is 0.102. The van der Waals surface area contributed by atoms with Crippen LogP contribution < -0.4 is 16.4 Å². The number of nitrogens with zero attached hydrogens (tertiary/aromatic N) is 1. The molecular weight excluding hydrogens is 244 g/mol. The molecule has 0 aromatic rings. The second-order valence-electron chi connectivity index (χ2n) is 4.82. The Labute approximate surface area is 113 Å². The number of hydrogen-bond acceptors (Lipinski definition) is 4. The fourth-order valence-corrected chi connectivity index (χ4v) is 2.26. The Bertz CT molecular complexity index is 417. The zero-order valence-electron chi connectivity index (χ0n) is 11.2. The van der Waals surface area contributed by atoms with Crippen molar-refractivity contribution in [3.05, 3.63) is 11.3 Å². The zero-order valence-corrected chi connectivity index (χ0v) is 11.2. The molecule has 6 heteroatoms. The van der Waals surface area contributed by atoms with E-state index in [0.29, 0.717) is 11.6 Å². The van der Waals surface area contributed by atoms with Gasteiger partial charge in [-0.05, 0) is 25.7 Å². The molecular formula is C13H20N4O2. The lowest BCUT2D eigenvalue weighted by Gasteiger charge is -2.22. The summed E-state index contributed by atoms with van der Waals surface area (Å²) in [7, 11) is 0. The molecule has 0 atom stereocenters. The first-order valence-corrected chi connectivity index (χ1v) is 6.50. The van der Waals surface area contributed by atoms with Crippen LogP contribution in [0.25, 0.3) is 0 Å². The van der Waals surface area contributed by atoms with E-state index in [1.165, 1.54) is 32.1 Å². The summed E-state index contributed by atoms with van der Waals surface area (Å²) in [6, 6.07) is 0.832. The second kappa shape index (κ2) is 7.41. The van der Waals surface area contributed by atoms with E-state index in [1.54, 1.807) is 13.0 Å². The number of imide groups is 1. The highest BCUT2D eigenvalue weighted by atomic mass is 16.2. The largest absolute Gasteiger partial charge is 0.387 e. The number of nitriles is 1. The lowest BCUT2D eigenvalue weighted by Crippen LogP contribution is -2.37. The van der Waals surface area contributed by atoms with Gasteiger partial charge < -0.3 is 11.1 Å². The molecule has 6 nitrogen and oxygen atoms in total. The summed E-state index contributed by atoms with van der Waals surface area (Å²) < 4.78 is 0. The molecule has 0 radical (unpaired) electrons. The Morgan fingerprint density at radius 2 is 1.95 bits per heavy atom. The summed E-state index contributed by atoms with van der Waals surface area (Å²) in [5, 5.41) is 13.9. The van der Waals surface area contributed by atoms with E-state index in [4.69, 9.17) is 11.0 Å². The Morgan fingerprint density at radius 3 is 2.47 bits per heavy atom. The van der Waals surface area contributed by atoms with Crippen molar-refractivity contribution in [1.82, 2.24) is 10.6 Å². The van der Waals surface area contributed by atoms with Gasteiger partial charge in [0.05, 0.1) is 0 Å². The fourth-order valence-electron chi connectivity index (χ4n) is 2.26. The van der Waals surface area contributed by atoms with Crippen LogP contribution in [-0.2, 0) is 4.79 Å². The molecule has 0 unspecified atom stereocenters. The standard InChI is InChI=1S/C13H20N4O2/c1-9(11(7-14)12(18)17-13(15)19)16-8-10-5-3-2-4-6-10/h10,16H,2-6,8H2,1H3,(H3,15,17,18,19)/b11-9-. The van der Waals surface area contributed by atoms with Crippen LogP contribution in [0.4, 0.5) is 4.79 Å². The van der Waals surface area contributed by atoms with Gasteiger partial charge in [0.2, 0.25) is 0 Å². The van der Waals surface area contributed by atoms with Crippen molar-refractivity contribution in [2.24, 2.45) is 11.7 Å². The van der Waals surface area contributed by atoms with Crippen LogP contribution in [0.15, 0.2) is 11.3 Å². The molecule has 1 aliphatic carbocycles. The molecule has 0 saturated heterocycles. The van der Waals surface area contributed by atoms with Crippen molar-refractivity contribution < 1.29 is 9.59 Å². The quantitative estimate of drug-likeness (QED) is 0.522. The van der Waals surface area contributed by atoms with Gasteiger partial charge in [0, 0.05) is 12.2 Å². The summed E-state index contributed by atoms with van der Waals surface area (Å²) in [5.41, 5.74) is 5.23. The van der Waals surface area contributed by atoms with Crippen molar-refractivity contribution in [2.45, 2.75) is 39.0 Å². The van der Waals surface area contributed by atoms with E-state index in [9.17, 15) is 9.59 Å². The van der Waals surface area contributed by atoms with Crippen molar-refractivity contribution in [2.75, 3.05) is 6.54 Å². The van der Waals surface area contributed by atoms with Gasteiger partial charge in [-0.15, -0.1) is 0 Å². The maximum Gasteiger partial charge on any atom is 0.319 e. The summed E-state index contributed by atoms with van der Waals surface area (Å²) in [5.74, 6) is -0.175. The molecule has 0 aromatic heterocycles. The first-order chi connectivity index (χ1) is 9.04. The molecule has 0 aliphatic heterocycles. The van der Waals surface area contributed by atoms with Crippen molar-refractivity contribution in [1.29, 1.82) is 5.26 Å². The number of primary amides is 1. The molecule has 0 spiro atoms. The average Bonchev–Trinajstić information content (AvgIpc) is 2.37. The third-order valence-electron chi connectivity index (χ3n) is 3.33. The second-order valence-corrected chi connectivity index (χ2v) is 4.82. The number of rotatable bonds is 4. The first-order valence-electron chi connectivity index (χ1n) is 6.50.